The molecular weight excluding hydrogens is 272 g/mol. The highest BCUT2D eigenvalue weighted by molar-refractivity contribution is 5.97. The third-order valence-corrected chi connectivity index (χ3v) is 3.11. The molecule has 0 saturated carbocycles. The fraction of sp³-hybridized carbons (Fsp3) is 0.533. The molecule has 0 saturated heterocycles. The first-order chi connectivity index (χ1) is 10.1. The van der Waals surface area contributed by atoms with Crippen molar-refractivity contribution >= 4 is 5.91 Å². The summed E-state index contributed by atoms with van der Waals surface area (Å²) < 4.78 is 15.7. The highest BCUT2D eigenvalue weighted by atomic mass is 16.5. The third kappa shape index (κ3) is 4.53. The van der Waals surface area contributed by atoms with Gasteiger partial charge in [0.2, 0.25) is 0 Å². The van der Waals surface area contributed by atoms with E-state index in [1.165, 1.54) is 21.3 Å². The van der Waals surface area contributed by atoms with Crippen molar-refractivity contribution in [1.82, 2.24) is 10.6 Å². The third-order valence-electron chi connectivity index (χ3n) is 3.11. The maximum Gasteiger partial charge on any atom is 0.255 e. The van der Waals surface area contributed by atoms with Crippen LogP contribution in [0.2, 0.25) is 0 Å². The first-order valence-electron chi connectivity index (χ1n) is 6.80. The lowest BCUT2D eigenvalue weighted by Crippen LogP contribution is -2.32. The Hall–Kier alpha value is -1.95. The highest BCUT2D eigenvalue weighted by Gasteiger charge is 2.17. The number of hydrogen-bond acceptors (Lipinski definition) is 5. The van der Waals surface area contributed by atoms with Gasteiger partial charge in [-0.05, 0) is 19.5 Å². The van der Waals surface area contributed by atoms with Gasteiger partial charge < -0.3 is 24.8 Å². The second kappa shape index (κ2) is 8.36. The molecule has 0 bridgehead atoms. The summed E-state index contributed by atoms with van der Waals surface area (Å²) in [7, 11) is 6.47. The molecule has 0 spiro atoms. The zero-order valence-electron chi connectivity index (χ0n) is 13.3. The van der Waals surface area contributed by atoms with Gasteiger partial charge in [-0.25, -0.2) is 0 Å². The molecule has 21 heavy (non-hydrogen) atoms. The lowest BCUT2D eigenvalue weighted by Gasteiger charge is -2.15. The molecule has 0 heterocycles. The predicted molar refractivity (Wildman–Crippen MR) is 81.5 cm³/mol. The maximum atomic E-state index is 12.3. The summed E-state index contributed by atoms with van der Waals surface area (Å²) in [6, 6.07) is 3.26. The van der Waals surface area contributed by atoms with Crippen molar-refractivity contribution in [3.8, 4) is 17.2 Å². The Balaban J connectivity index is 2.92. The molecule has 1 unspecified atom stereocenters. The van der Waals surface area contributed by atoms with Crippen LogP contribution in [0.5, 0.6) is 17.2 Å². The van der Waals surface area contributed by atoms with Gasteiger partial charge in [0.1, 0.15) is 5.75 Å². The molecule has 0 aromatic heterocycles. The van der Waals surface area contributed by atoms with Crippen LogP contribution in [0.15, 0.2) is 12.1 Å². The number of nitrogens with one attached hydrogen (secondary N) is 2. The summed E-state index contributed by atoms with van der Waals surface area (Å²) >= 11 is 0. The van der Waals surface area contributed by atoms with Crippen LogP contribution in [-0.4, -0.2) is 47.4 Å². The Labute approximate surface area is 125 Å². The molecule has 1 amide bonds. The first kappa shape index (κ1) is 17.1. The minimum absolute atomic E-state index is 0.198. The number of ether oxygens (including phenoxy) is 3. The van der Waals surface area contributed by atoms with Crippen LogP contribution in [-0.2, 0) is 0 Å². The monoisotopic (exact) mass is 296 g/mol. The topological polar surface area (TPSA) is 68.8 Å². The van der Waals surface area contributed by atoms with E-state index in [2.05, 4.69) is 17.6 Å². The number of methoxy groups -OCH3 is 3. The van der Waals surface area contributed by atoms with Gasteiger partial charge >= 0.3 is 0 Å². The average Bonchev–Trinajstić information content (AvgIpc) is 2.51. The minimum Gasteiger partial charge on any atom is -0.496 e. The number of rotatable bonds is 8. The van der Waals surface area contributed by atoms with Gasteiger partial charge in [-0.2, -0.15) is 0 Å². The Morgan fingerprint density at radius 3 is 2.14 bits per heavy atom. The lowest BCUT2D eigenvalue weighted by molar-refractivity contribution is 0.0944. The quantitative estimate of drug-likeness (QED) is 0.757. The summed E-state index contributed by atoms with van der Waals surface area (Å²) in [6.45, 7) is 3.48. The summed E-state index contributed by atoms with van der Waals surface area (Å²) in [5, 5.41) is 5.97. The Morgan fingerprint density at radius 1 is 1.05 bits per heavy atom. The SMILES string of the molecule is CNCC(C)CNC(=O)c1cc(OC)c(OC)cc1OC. The van der Waals surface area contributed by atoms with Crippen molar-refractivity contribution in [3.63, 3.8) is 0 Å². The number of carbonyl (C=O) groups is 1. The largest absolute Gasteiger partial charge is 0.496 e. The van der Waals surface area contributed by atoms with E-state index in [1.807, 2.05) is 7.05 Å². The standard InChI is InChI=1S/C15H24N2O4/c1-10(8-16-2)9-17-15(18)11-6-13(20-4)14(21-5)7-12(11)19-3/h6-7,10,16H,8-9H2,1-5H3,(H,17,18). The zero-order chi connectivity index (χ0) is 15.8. The number of amides is 1. The van der Waals surface area contributed by atoms with Crippen LogP contribution in [0.3, 0.4) is 0 Å². The van der Waals surface area contributed by atoms with E-state index < -0.39 is 0 Å². The number of benzene rings is 1. The van der Waals surface area contributed by atoms with E-state index in [0.717, 1.165) is 6.54 Å². The van der Waals surface area contributed by atoms with Crippen molar-refractivity contribution in [2.24, 2.45) is 5.92 Å². The van der Waals surface area contributed by atoms with Crippen molar-refractivity contribution in [1.29, 1.82) is 0 Å². The molecule has 1 aromatic rings. The second-order valence-electron chi connectivity index (χ2n) is 4.78. The van der Waals surface area contributed by atoms with Crippen LogP contribution < -0.4 is 24.8 Å². The van der Waals surface area contributed by atoms with Crippen molar-refractivity contribution < 1.29 is 19.0 Å². The molecule has 0 radical (unpaired) electrons. The minimum atomic E-state index is -0.198. The Bertz CT molecular complexity index is 477. The van der Waals surface area contributed by atoms with E-state index >= 15 is 0 Å². The molecule has 1 rings (SSSR count). The van der Waals surface area contributed by atoms with E-state index in [-0.39, 0.29) is 5.91 Å². The summed E-state index contributed by atoms with van der Waals surface area (Å²) in [5.74, 6) is 1.61. The molecule has 6 heteroatoms. The summed E-state index contributed by atoms with van der Waals surface area (Å²) in [6.07, 6.45) is 0. The van der Waals surface area contributed by atoms with Crippen molar-refractivity contribution in [3.05, 3.63) is 17.7 Å². The van der Waals surface area contributed by atoms with Gasteiger partial charge in [0.15, 0.2) is 11.5 Å². The van der Waals surface area contributed by atoms with Gasteiger partial charge in [-0.15, -0.1) is 0 Å². The smallest absolute Gasteiger partial charge is 0.255 e. The van der Waals surface area contributed by atoms with Crippen LogP contribution in [0.4, 0.5) is 0 Å². The van der Waals surface area contributed by atoms with Gasteiger partial charge in [-0.3, -0.25) is 4.79 Å². The molecule has 0 fully saturated rings. The molecule has 0 aliphatic heterocycles. The van der Waals surface area contributed by atoms with E-state index in [1.54, 1.807) is 12.1 Å². The summed E-state index contributed by atoms with van der Waals surface area (Å²) in [5.41, 5.74) is 0.423. The first-order valence-corrected chi connectivity index (χ1v) is 6.80. The average molecular weight is 296 g/mol. The molecule has 0 aliphatic carbocycles. The molecule has 0 aliphatic rings. The number of carbonyl (C=O) groups excluding carboxylic acids is 1. The van der Waals surface area contributed by atoms with Crippen LogP contribution >= 0.6 is 0 Å². The lowest BCUT2D eigenvalue weighted by atomic mass is 10.1. The zero-order valence-corrected chi connectivity index (χ0v) is 13.3. The fourth-order valence-electron chi connectivity index (χ4n) is 1.99. The Kier molecular flexibility index (Phi) is 6.81. The van der Waals surface area contributed by atoms with Gasteiger partial charge in [0.25, 0.3) is 5.91 Å². The highest BCUT2D eigenvalue weighted by Crippen LogP contribution is 2.34. The number of hydrogen-bond donors (Lipinski definition) is 2. The van der Waals surface area contributed by atoms with E-state index in [4.69, 9.17) is 14.2 Å². The van der Waals surface area contributed by atoms with Gasteiger partial charge in [-0.1, -0.05) is 6.92 Å². The van der Waals surface area contributed by atoms with E-state index in [9.17, 15) is 4.79 Å². The summed E-state index contributed by atoms with van der Waals surface area (Å²) in [4.78, 5) is 12.3. The fourth-order valence-corrected chi connectivity index (χ4v) is 1.99. The van der Waals surface area contributed by atoms with Crippen LogP contribution in [0.1, 0.15) is 17.3 Å². The molecular formula is C15H24N2O4. The normalized spacial score (nSPS) is 11.7. The molecule has 1 atom stereocenters. The van der Waals surface area contributed by atoms with Crippen LogP contribution in [0.25, 0.3) is 0 Å². The van der Waals surface area contributed by atoms with Gasteiger partial charge in [0.05, 0.1) is 26.9 Å². The second-order valence-corrected chi connectivity index (χ2v) is 4.78. The maximum absolute atomic E-state index is 12.3. The predicted octanol–water partition coefficient (Wildman–Crippen LogP) is 1.30. The van der Waals surface area contributed by atoms with Crippen molar-refractivity contribution in [2.45, 2.75) is 6.92 Å². The van der Waals surface area contributed by atoms with Gasteiger partial charge in [0, 0.05) is 18.7 Å². The van der Waals surface area contributed by atoms with E-state index in [0.29, 0.717) is 35.3 Å². The molecule has 2 N–H and O–H groups in total. The Morgan fingerprint density at radius 2 is 1.62 bits per heavy atom. The molecule has 1 aromatic carbocycles. The molecule has 6 nitrogen and oxygen atoms in total. The molecule has 118 valence electrons. The van der Waals surface area contributed by atoms with Crippen LogP contribution in [0, 0.1) is 5.92 Å². The van der Waals surface area contributed by atoms with Crippen molar-refractivity contribution in [2.75, 3.05) is 41.5 Å².